The molecular weight excluding hydrogens is 422 g/mol. The fraction of sp³-hybridized carbons (Fsp3) is 0.393. The molecule has 0 aliphatic heterocycles. The zero-order valence-electron chi connectivity index (χ0n) is 20.2. The van der Waals surface area contributed by atoms with Crippen molar-refractivity contribution in [2.75, 3.05) is 25.5 Å². The van der Waals surface area contributed by atoms with E-state index in [1.165, 1.54) is 46.3 Å². The molecule has 0 spiro atoms. The number of anilines is 1. The maximum Gasteiger partial charge on any atom is 0.119 e. The molecule has 6 nitrogen and oxygen atoms in total. The molecule has 2 unspecified atom stereocenters. The number of aromatic nitrogens is 2. The quantitative estimate of drug-likeness (QED) is 0.296. The molecule has 5 N–H and O–H groups in total. The molecule has 5 rings (SSSR count). The molecule has 2 aromatic carbocycles. The molecule has 0 saturated carbocycles. The smallest absolute Gasteiger partial charge is 0.119 e. The number of nitrogens with one attached hydrogen (secondary N) is 3. The van der Waals surface area contributed by atoms with Gasteiger partial charge in [0.05, 0.1) is 12.6 Å². The van der Waals surface area contributed by atoms with E-state index in [1.54, 1.807) is 7.11 Å². The number of rotatable bonds is 9. The summed E-state index contributed by atoms with van der Waals surface area (Å²) in [5, 5.41) is 9.79. The Morgan fingerprint density at radius 1 is 1.09 bits per heavy atom. The van der Waals surface area contributed by atoms with Gasteiger partial charge in [0.1, 0.15) is 5.75 Å². The van der Waals surface area contributed by atoms with Crippen molar-refractivity contribution in [2.24, 2.45) is 5.73 Å². The van der Waals surface area contributed by atoms with E-state index >= 15 is 0 Å². The molecule has 2 heterocycles. The molecule has 1 aliphatic rings. The number of benzene rings is 2. The van der Waals surface area contributed by atoms with Crippen molar-refractivity contribution in [1.82, 2.24) is 15.3 Å². The van der Waals surface area contributed by atoms with Crippen LogP contribution in [0.1, 0.15) is 36.6 Å². The van der Waals surface area contributed by atoms with Crippen LogP contribution in [0, 0.1) is 0 Å². The first-order valence-corrected chi connectivity index (χ1v) is 12.4. The fourth-order valence-corrected chi connectivity index (χ4v) is 5.13. The van der Waals surface area contributed by atoms with Crippen LogP contribution in [-0.4, -0.2) is 42.3 Å². The van der Waals surface area contributed by atoms with Crippen molar-refractivity contribution in [1.29, 1.82) is 0 Å². The van der Waals surface area contributed by atoms with Crippen LogP contribution in [0.5, 0.6) is 5.75 Å². The molecule has 2 aromatic heterocycles. The number of hydrogen-bond donors (Lipinski definition) is 4. The Labute approximate surface area is 201 Å². The van der Waals surface area contributed by atoms with Crippen molar-refractivity contribution in [3.63, 3.8) is 0 Å². The third kappa shape index (κ3) is 4.74. The van der Waals surface area contributed by atoms with Gasteiger partial charge >= 0.3 is 0 Å². The molecule has 4 aromatic rings. The first-order chi connectivity index (χ1) is 16.6. The highest BCUT2D eigenvalue weighted by Gasteiger charge is 2.20. The van der Waals surface area contributed by atoms with E-state index in [9.17, 15) is 0 Å². The van der Waals surface area contributed by atoms with Crippen LogP contribution in [0.2, 0.25) is 0 Å². The van der Waals surface area contributed by atoms with Crippen molar-refractivity contribution in [3.8, 4) is 5.75 Å². The van der Waals surface area contributed by atoms with Gasteiger partial charge in [-0.25, -0.2) is 0 Å². The monoisotopic (exact) mass is 457 g/mol. The summed E-state index contributed by atoms with van der Waals surface area (Å²) >= 11 is 0. The van der Waals surface area contributed by atoms with E-state index < -0.39 is 0 Å². The first-order valence-electron chi connectivity index (χ1n) is 12.4. The molecule has 178 valence electrons. The zero-order chi connectivity index (χ0) is 23.5. The average molecular weight is 458 g/mol. The van der Waals surface area contributed by atoms with E-state index in [4.69, 9.17) is 15.5 Å². The Morgan fingerprint density at radius 3 is 2.82 bits per heavy atom. The topological polar surface area (TPSA) is 88.0 Å². The normalized spacial score (nSPS) is 15.3. The Kier molecular flexibility index (Phi) is 6.70. The number of para-hydroxylation sites is 1. The van der Waals surface area contributed by atoms with Gasteiger partial charge in [-0.1, -0.05) is 18.2 Å². The third-order valence-corrected chi connectivity index (χ3v) is 6.87. The molecule has 2 atom stereocenters. The van der Waals surface area contributed by atoms with Gasteiger partial charge < -0.3 is 26.1 Å². The van der Waals surface area contributed by atoms with Crippen LogP contribution >= 0.6 is 0 Å². The Hall–Kier alpha value is -3.09. The number of nitrogens with zero attached hydrogens (tertiary/aromatic N) is 1. The highest BCUT2D eigenvalue weighted by atomic mass is 16.5. The molecule has 0 bridgehead atoms. The van der Waals surface area contributed by atoms with Crippen LogP contribution in [0.4, 0.5) is 5.69 Å². The Bertz CT molecular complexity index is 1280. The number of ether oxygens (including phenoxy) is 1. The SMILES string of the molecule is COc1ccc2nc3c(c(NC(C)CNCC(N)Cc4c[nH]c5ccccc45)c2c1)CCCC3. The second-order valence-corrected chi connectivity index (χ2v) is 9.53. The van der Waals surface area contributed by atoms with E-state index in [0.29, 0.717) is 0 Å². The van der Waals surface area contributed by atoms with E-state index in [1.807, 2.05) is 6.07 Å². The number of aryl methyl sites for hydroxylation is 1. The molecular formula is C28H35N5O. The summed E-state index contributed by atoms with van der Waals surface area (Å²) in [5.74, 6) is 0.863. The van der Waals surface area contributed by atoms with Crippen molar-refractivity contribution < 1.29 is 4.74 Å². The lowest BCUT2D eigenvalue weighted by molar-refractivity contribution is 0.415. The van der Waals surface area contributed by atoms with Crippen molar-refractivity contribution in [2.45, 2.75) is 51.1 Å². The summed E-state index contributed by atoms with van der Waals surface area (Å²) in [7, 11) is 1.71. The second kappa shape index (κ2) is 10.0. The lowest BCUT2D eigenvalue weighted by Crippen LogP contribution is -2.40. The summed E-state index contributed by atoms with van der Waals surface area (Å²) in [4.78, 5) is 8.31. The summed E-state index contributed by atoms with van der Waals surface area (Å²) in [6.07, 6.45) is 7.50. The number of pyridine rings is 1. The van der Waals surface area contributed by atoms with Gasteiger partial charge in [-0.2, -0.15) is 0 Å². The largest absolute Gasteiger partial charge is 0.497 e. The van der Waals surface area contributed by atoms with Gasteiger partial charge in [0.15, 0.2) is 0 Å². The zero-order valence-corrected chi connectivity index (χ0v) is 20.2. The van der Waals surface area contributed by atoms with Crippen molar-refractivity contribution >= 4 is 27.5 Å². The molecule has 0 fully saturated rings. The van der Waals surface area contributed by atoms with Crippen LogP contribution in [0.15, 0.2) is 48.7 Å². The van der Waals surface area contributed by atoms with Crippen LogP contribution in [0.3, 0.4) is 0 Å². The summed E-state index contributed by atoms with van der Waals surface area (Å²) in [5.41, 5.74) is 13.8. The minimum Gasteiger partial charge on any atom is -0.497 e. The first kappa shape index (κ1) is 22.7. The van der Waals surface area contributed by atoms with Crippen LogP contribution in [-0.2, 0) is 19.3 Å². The standard InChI is InChI=1S/C28H35N5O/c1-18(15-30-17-20(29)13-19-16-31-25-9-5-3-7-22(19)25)32-28-23-8-4-6-10-26(23)33-27-12-11-21(34-2)14-24(27)28/h3,5,7,9,11-12,14,16,18,20,30-31H,4,6,8,10,13,15,17,29H2,1-2H3,(H,32,33). The van der Waals surface area contributed by atoms with Gasteiger partial charge in [-0.15, -0.1) is 0 Å². The highest BCUT2D eigenvalue weighted by Crippen LogP contribution is 2.35. The van der Waals surface area contributed by atoms with Gasteiger partial charge in [0.25, 0.3) is 0 Å². The maximum absolute atomic E-state index is 6.47. The molecule has 34 heavy (non-hydrogen) atoms. The predicted molar refractivity (Wildman–Crippen MR) is 141 cm³/mol. The van der Waals surface area contributed by atoms with E-state index in [2.05, 4.69) is 65.1 Å². The lowest BCUT2D eigenvalue weighted by Gasteiger charge is -2.25. The molecule has 1 aliphatic carbocycles. The molecule has 0 saturated heterocycles. The van der Waals surface area contributed by atoms with Gasteiger partial charge in [0, 0.05) is 59.0 Å². The second-order valence-electron chi connectivity index (χ2n) is 9.53. The number of aromatic amines is 1. The maximum atomic E-state index is 6.47. The fourth-order valence-electron chi connectivity index (χ4n) is 5.13. The number of fused-ring (bicyclic) bond motifs is 3. The number of hydrogen-bond acceptors (Lipinski definition) is 5. The molecule has 0 radical (unpaired) electrons. The van der Waals surface area contributed by atoms with Crippen LogP contribution < -0.4 is 21.1 Å². The van der Waals surface area contributed by atoms with Gasteiger partial charge in [0.2, 0.25) is 0 Å². The molecule has 0 amide bonds. The van der Waals surface area contributed by atoms with Crippen LogP contribution in [0.25, 0.3) is 21.8 Å². The molecule has 6 heteroatoms. The average Bonchev–Trinajstić information content (AvgIpc) is 3.26. The number of nitrogens with two attached hydrogens (primary N) is 1. The highest BCUT2D eigenvalue weighted by molar-refractivity contribution is 5.94. The third-order valence-electron chi connectivity index (χ3n) is 6.87. The Morgan fingerprint density at radius 2 is 1.94 bits per heavy atom. The van der Waals surface area contributed by atoms with E-state index in [0.717, 1.165) is 49.0 Å². The van der Waals surface area contributed by atoms with Gasteiger partial charge in [-0.3, -0.25) is 4.98 Å². The Balaban J connectivity index is 1.24. The predicted octanol–water partition coefficient (Wildman–Crippen LogP) is 4.56. The summed E-state index contributed by atoms with van der Waals surface area (Å²) in [6.45, 7) is 3.83. The summed E-state index contributed by atoms with van der Waals surface area (Å²) in [6, 6.07) is 14.9. The minimum absolute atomic E-state index is 0.0604. The van der Waals surface area contributed by atoms with Crippen molar-refractivity contribution in [3.05, 3.63) is 65.5 Å². The summed E-state index contributed by atoms with van der Waals surface area (Å²) < 4.78 is 5.50. The van der Waals surface area contributed by atoms with Gasteiger partial charge in [-0.05, 0) is 74.4 Å². The minimum atomic E-state index is 0.0604. The van der Waals surface area contributed by atoms with E-state index in [-0.39, 0.29) is 12.1 Å². The number of H-pyrrole nitrogens is 1. The number of methoxy groups -OCH3 is 1. The lowest BCUT2D eigenvalue weighted by atomic mass is 9.92.